The third kappa shape index (κ3) is 8.60. The van der Waals surface area contributed by atoms with Crippen molar-refractivity contribution < 1.29 is 28.6 Å². The number of carbonyl (C=O) groups excluding carboxylic acids is 3. The molecule has 3 aromatic carbocycles. The lowest BCUT2D eigenvalue weighted by molar-refractivity contribution is -0.114. The molecule has 10 nitrogen and oxygen atoms in total. The van der Waals surface area contributed by atoms with Gasteiger partial charge in [0.1, 0.15) is 11.4 Å². The van der Waals surface area contributed by atoms with E-state index in [0.29, 0.717) is 39.2 Å². The van der Waals surface area contributed by atoms with Gasteiger partial charge in [-0.25, -0.2) is 4.98 Å². The third-order valence-corrected chi connectivity index (χ3v) is 7.76. The number of aryl methyl sites for hydroxylation is 1. The number of benzene rings is 3. The molecule has 0 aliphatic heterocycles. The van der Waals surface area contributed by atoms with Gasteiger partial charge in [0.15, 0.2) is 16.6 Å². The minimum absolute atomic E-state index is 0.0319. The van der Waals surface area contributed by atoms with Crippen molar-refractivity contribution in [1.29, 1.82) is 0 Å². The van der Waals surface area contributed by atoms with E-state index in [1.807, 2.05) is 18.4 Å². The highest BCUT2D eigenvalue weighted by molar-refractivity contribution is 8.00. The first kappa shape index (κ1) is 31.1. The molecule has 222 valence electrons. The first-order valence-corrected chi connectivity index (χ1v) is 14.8. The van der Waals surface area contributed by atoms with E-state index in [9.17, 15) is 14.4 Å². The smallest absolute Gasteiger partial charge is 0.272 e. The van der Waals surface area contributed by atoms with Gasteiger partial charge in [0.05, 0.1) is 32.8 Å². The number of methoxy groups -OCH3 is 3. The molecule has 0 atom stereocenters. The van der Waals surface area contributed by atoms with Crippen LogP contribution in [0.3, 0.4) is 0 Å². The van der Waals surface area contributed by atoms with Gasteiger partial charge in [-0.1, -0.05) is 24.3 Å². The van der Waals surface area contributed by atoms with Crippen molar-refractivity contribution in [2.45, 2.75) is 11.8 Å². The summed E-state index contributed by atoms with van der Waals surface area (Å²) in [6.45, 7) is 1.86. The number of amides is 3. The molecule has 0 fully saturated rings. The molecular weight excluding hydrogens is 588 g/mol. The molecule has 0 saturated carbocycles. The molecule has 1 aromatic heterocycles. The Hall–Kier alpha value is -4.81. The summed E-state index contributed by atoms with van der Waals surface area (Å²) in [5.74, 6) is 0.205. The van der Waals surface area contributed by atoms with E-state index >= 15 is 0 Å². The Morgan fingerprint density at radius 1 is 0.884 bits per heavy atom. The standard InChI is InChI=1S/C31H30N4O6S2/c1-19-17-43-31(32-19)35-28(36)18-42-23-12-8-11-22(15-23)33-30(38)24(34-29(37)20-9-6-5-7-10-20)13-21-14-26(40-3)27(41-4)16-25(21)39-2/h5-17H,18H2,1-4H3,(H,33,38)(H,34,37)(H,32,35,36)/b24-13+. The van der Waals surface area contributed by atoms with Crippen LogP contribution in [0.1, 0.15) is 21.6 Å². The van der Waals surface area contributed by atoms with Crippen LogP contribution in [0.4, 0.5) is 10.8 Å². The maximum Gasteiger partial charge on any atom is 0.272 e. The van der Waals surface area contributed by atoms with Crippen molar-refractivity contribution >= 4 is 57.7 Å². The number of hydrogen-bond donors (Lipinski definition) is 3. The van der Waals surface area contributed by atoms with Crippen LogP contribution >= 0.6 is 23.1 Å². The van der Waals surface area contributed by atoms with Gasteiger partial charge in [0.2, 0.25) is 5.91 Å². The zero-order chi connectivity index (χ0) is 30.8. The zero-order valence-corrected chi connectivity index (χ0v) is 25.6. The number of ether oxygens (including phenoxy) is 3. The Kier molecular flexibility index (Phi) is 10.8. The quantitative estimate of drug-likeness (QED) is 0.138. The molecular formula is C31H30N4O6S2. The highest BCUT2D eigenvalue weighted by Crippen LogP contribution is 2.35. The average Bonchev–Trinajstić information content (AvgIpc) is 3.43. The minimum Gasteiger partial charge on any atom is -0.496 e. The maximum atomic E-state index is 13.6. The Bertz CT molecular complexity index is 1640. The van der Waals surface area contributed by atoms with Crippen molar-refractivity contribution in [3.05, 3.63) is 94.6 Å². The van der Waals surface area contributed by atoms with Crippen molar-refractivity contribution in [3.8, 4) is 17.2 Å². The summed E-state index contributed by atoms with van der Waals surface area (Å²) in [4.78, 5) is 44.0. The summed E-state index contributed by atoms with van der Waals surface area (Å²) in [7, 11) is 4.49. The summed E-state index contributed by atoms with van der Waals surface area (Å²) in [5.41, 5.74) is 2.14. The van der Waals surface area contributed by atoms with Gasteiger partial charge in [-0.15, -0.1) is 23.1 Å². The first-order chi connectivity index (χ1) is 20.8. The molecule has 12 heteroatoms. The zero-order valence-electron chi connectivity index (χ0n) is 23.9. The fourth-order valence-electron chi connectivity index (χ4n) is 3.84. The number of nitrogens with zero attached hydrogens (tertiary/aromatic N) is 1. The Balaban J connectivity index is 1.56. The summed E-state index contributed by atoms with van der Waals surface area (Å²) in [6, 6.07) is 18.9. The largest absolute Gasteiger partial charge is 0.496 e. The van der Waals surface area contributed by atoms with Gasteiger partial charge in [-0.3, -0.25) is 14.4 Å². The van der Waals surface area contributed by atoms with Crippen LogP contribution in [-0.2, 0) is 9.59 Å². The van der Waals surface area contributed by atoms with Gasteiger partial charge < -0.3 is 30.2 Å². The van der Waals surface area contributed by atoms with Gasteiger partial charge in [-0.05, 0) is 49.4 Å². The van der Waals surface area contributed by atoms with Crippen molar-refractivity contribution in [2.75, 3.05) is 37.7 Å². The Morgan fingerprint density at radius 3 is 2.28 bits per heavy atom. The molecule has 0 bridgehead atoms. The van der Waals surface area contributed by atoms with E-state index < -0.39 is 11.8 Å². The number of hydrogen-bond acceptors (Lipinski definition) is 9. The van der Waals surface area contributed by atoms with Gasteiger partial charge in [0.25, 0.3) is 11.8 Å². The van der Waals surface area contributed by atoms with E-state index in [2.05, 4.69) is 20.9 Å². The molecule has 0 aliphatic carbocycles. The fourth-order valence-corrected chi connectivity index (χ4v) is 5.30. The monoisotopic (exact) mass is 618 g/mol. The van der Waals surface area contributed by atoms with Gasteiger partial charge in [-0.2, -0.15) is 0 Å². The molecule has 0 aliphatic rings. The molecule has 4 aromatic rings. The van der Waals surface area contributed by atoms with Crippen LogP contribution in [0.2, 0.25) is 0 Å². The fraction of sp³-hybridized carbons (Fsp3) is 0.161. The maximum absolute atomic E-state index is 13.6. The van der Waals surface area contributed by atoms with Crippen molar-refractivity contribution in [3.63, 3.8) is 0 Å². The molecule has 4 rings (SSSR count). The lowest BCUT2D eigenvalue weighted by Gasteiger charge is -2.15. The lowest BCUT2D eigenvalue weighted by atomic mass is 10.1. The highest BCUT2D eigenvalue weighted by Gasteiger charge is 2.18. The van der Waals surface area contributed by atoms with E-state index in [-0.39, 0.29) is 17.4 Å². The van der Waals surface area contributed by atoms with E-state index in [0.717, 1.165) is 10.6 Å². The first-order valence-electron chi connectivity index (χ1n) is 12.9. The molecule has 0 spiro atoms. The van der Waals surface area contributed by atoms with Crippen molar-refractivity contribution in [2.24, 2.45) is 0 Å². The molecule has 0 unspecified atom stereocenters. The highest BCUT2D eigenvalue weighted by atomic mass is 32.2. The Morgan fingerprint density at radius 2 is 1.60 bits per heavy atom. The summed E-state index contributed by atoms with van der Waals surface area (Å²) < 4.78 is 16.3. The van der Waals surface area contributed by atoms with Crippen LogP contribution < -0.4 is 30.2 Å². The van der Waals surface area contributed by atoms with Crippen LogP contribution in [0.15, 0.2) is 82.7 Å². The molecule has 43 heavy (non-hydrogen) atoms. The van der Waals surface area contributed by atoms with E-state index in [1.165, 1.54) is 50.5 Å². The number of nitrogens with one attached hydrogen (secondary N) is 3. The number of thiazole rings is 1. The molecule has 0 saturated heterocycles. The number of thioether (sulfide) groups is 1. The third-order valence-electron chi connectivity index (χ3n) is 5.89. The predicted octanol–water partition coefficient (Wildman–Crippen LogP) is 5.62. The van der Waals surface area contributed by atoms with Gasteiger partial charge in [0, 0.05) is 33.2 Å². The van der Waals surface area contributed by atoms with E-state index in [1.54, 1.807) is 60.7 Å². The predicted molar refractivity (Wildman–Crippen MR) is 169 cm³/mol. The number of anilines is 2. The molecule has 3 amide bonds. The second kappa shape index (κ2) is 14.9. The van der Waals surface area contributed by atoms with Crippen LogP contribution in [-0.4, -0.2) is 49.8 Å². The second-order valence-electron chi connectivity index (χ2n) is 8.94. The molecule has 1 heterocycles. The summed E-state index contributed by atoms with van der Waals surface area (Å²) >= 11 is 2.68. The summed E-state index contributed by atoms with van der Waals surface area (Å²) in [5, 5.41) is 10.7. The van der Waals surface area contributed by atoms with Crippen LogP contribution in [0.5, 0.6) is 17.2 Å². The molecule has 3 N–H and O–H groups in total. The van der Waals surface area contributed by atoms with Crippen LogP contribution in [0.25, 0.3) is 6.08 Å². The van der Waals surface area contributed by atoms with Gasteiger partial charge >= 0.3 is 0 Å². The SMILES string of the molecule is COc1cc(OC)c(OC)cc1/C=C(/NC(=O)c1ccccc1)C(=O)Nc1cccc(SCC(=O)Nc2nc(C)cs2)c1. The average molecular weight is 619 g/mol. The number of rotatable bonds is 12. The lowest BCUT2D eigenvalue weighted by Crippen LogP contribution is -2.30. The second-order valence-corrected chi connectivity index (χ2v) is 10.8. The minimum atomic E-state index is -0.569. The van der Waals surface area contributed by atoms with Crippen molar-refractivity contribution in [1.82, 2.24) is 10.3 Å². The van der Waals surface area contributed by atoms with Crippen LogP contribution in [0, 0.1) is 6.92 Å². The number of aromatic nitrogens is 1. The number of carbonyl (C=O) groups is 3. The Labute approximate surface area is 257 Å². The van der Waals surface area contributed by atoms with E-state index in [4.69, 9.17) is 14.2 Å². The topological polar surface area (TPSA) is 128 Å². The summed E-state index contributed by atoms with van der Waals surface area (Å²) in [6.07, 6.45) is 1.50. The molecule has 0 radical (unpaired) electrons. The normalized spacial score (nSPS) is 10.9.